The standard InChI is InChI=1S/C28H31F3N2O5S/c1-3-5-16-38-21-12-10-20(11-13-21)27(28(29,30)31)17-23(19-8-6-18(4-2)7-9-19)24(25(34)32-27)26(35)33-39(36,37)22-14-15-22/h6-13,22H,3-5,14-17H2,1-2H3,(H,32,34)(H,33,35)/t27-/m0/s1. The van der Waals surface area contributed by atoms with E-state index in [9.17, 15) is 31.2 Å². The number of halogens is 3. The molecule has 0 spiro atoms. The van der Waals surface area contributed by atoms with Crippen molar-refractivity contribution in [2.24, 2.45) is 0 Å². The highest BCUT2D eigenvalue weighted by atomic mass is 32.2. The number of carbonyl (C=O) groups is 2. The van der Waals surface area contributed by atoms with Crippen molar-refractivity contribution in [1.29, 1.82) is 0 Å². The van der Waals surface area contributed by atoms with E-state index in [0.717, 1.165) is 18.4 Å². The Morgan fingerprint density at radius 1 is 1.08 bits per heavy atom. The quantitative estimate of drug-likeness (QED) is 0.320. The molecule has 1 atom stereocenters. The van der Waals surface area contributed by atoms with E-state index in [1.54, 1.807) is 24.3 Å². The molecule has 0 radical (unpaired) electrons. The number of hydrogen-bond donors (Lipinski definition) is 2. The zero-order valence-corrected chi connectivity index (χ0v) is 22.5. The van der Waals surface area contributed by atoms with Crippen LogP contribution >= 0.6 is 0 Å². The molecule has 39 heavy (non-hydrogen) atoms. The molecular weight excluding hydrogens is 533 g/mol. The second kappa shape index (κ2) is 11.0. The van der Waals surface area contributed by atoms with E-state index in [-0.39, 0.29) is 16.7 Å². The van der Waals surface area contributed by atoms with Crippen LogP contribution in [0, 0.1) is 0 Å². The number of amides is 2. The van der Waals surface area contributed by atoms with Gasteiger partial charge in [-0.25, -0.2) is 13.1 Å². The fourth-order valence-electron chi connectivity index (χ4n) is 4.54. The maximum absolute atomic E-state index is 14.9. The molecule has 1 fully saturated rings. The van der Waals surface area contributed by atoms with Gasteiger partial charge in [0.05, 0.1) is 11.9 Å². The second-order valence-corrected chi connectivity index (χ2v) is 11.8. The number of unbranched alkanes of at least 4 members (excludes halogenated alkanes) is 1. The lowest BCUT2D eigenvalue weighted by Crippen LogP contribution is -2.60. The van der Waals surface area contributed by atoms with Crippen molar-refractivity contribution in [3.8, 4) is 5.75 Å². The Hall–Kier alpha value is -3.34. The topological polar surface area (TPSA) is 102 Å². The van der Waals surface area contributed by atoms with Gasteiger partial charge < -0.3 is 10.1 Å². The average molecular weight is 565 g/mol. The molecule has 210 valence electrons. The Morgan fingerprint density at radius 2 is 1.72 bits per heavy atom. The van der Waals surface area contributed by atoms with Crippen molar-refractivity contribution < 1.29 is 35.9 Å². The average Bonchev–Trinajstić information content (AvgIpc) is 3.74. The Morgan fingerprint density at radius 3 is 2.26 bits per heavy atom. The summed E-state index contributed by atoms with van der Waals surface area (Å²) in [6.07, 6.45) is -2.67. The molecule has 4 rings (SSSR count). The van der Waals surface area contributed by atoms with E-state index in [2.05, 4.69) is 0 Å². The highest BCUT2D eigenvalue weighted by Crippen LogP contribution is 2.48. The fourth-order valence-corrected chi connectivity index (χ4v) is 5.82. The van der Waals surface area contributed by atoms with Crippen molar-refractivity contribution in [2.75, 3.05) is 6.61 Å². The van der Waals surface area contributed by atoms with Gasteiger partial charge in [0.25, 0.3) is 11.8 Å². The first-order valence-electron chi connectivity index (χ1n) is 12.9. The van der Waals surface area contributed by atoms with Crippen LogP contribution in [0.2, 0.25) is 0 Å². The molecule has 1 aliphatic heterocycles. The zero-order valence-electron chi connectivity index (χ0n) is 21.7. The number of nitrogens with one attached hydrogen (secondary N) is 2. The normalized spacial score (nSPS) is 20.0. The molecule has 0 aromatic heterocycles. The van der Waals surface area contributed by atoms with Crippen LogP contribution in [0.15, 0.2) is 54.1 Å². The molecule has 0 bridgehead atoms. The first kappa shape index (κ1) is 28.7. The van der Waals surface area contributed by atoms with Gasteiger partial charge in [0.2, 0.25) is 10.0 Å². The van der Waals surface area contributed by atoms with Crippen LogP contribution in [-0.4, -0.2) is 38.3 Å². The van der Waals surface area contributed by atoms with Crippen molar-refractivity contribution in [3.63, 3.8) is 0 Å². The molecule has 0 unspecified atom stereocenters. The van der Waals surface area contributed by atoms with Gasteiger partial charge in [-0.15, -0.1) is 0 Å². The molecule has 7 nitrogen and oxygen atoms in total. The van der Waals surface area contributed by atoms with E-state index < -0.39 is 50.8 Å². The Balaban J connectivity index is 1.80. The van der Waals surface area contributed by atoms with E-state index in [1.165, 1.54) is 24.3 Å². The van der Waals surface area contributed by atoms with E-state index >= 15 is 0 Å². The maximum Gasteiger partial charge on any atom is 0.416 e. The number of aryl methyl sites for hydroxylation is 1. The van der Waals surface area contributed by atoms with Gasteiger partial charge >= 0.3 is 6.18 Å². The Kier molecular flexibility index (Phi) is 8.11. The number of ether oxygens (including phenoxy) is 1. The molecular formula is C28H31F3N2O5S. The van der Waals surface area contributed by atoms with Crippen LogP contribution in [0.3, 0.4) is 0 Å². The smallest absolute Gasteiger partial charge is 0.416 e. The first-order chi connectivity index (χ1) is 18.4. The van der Waals surface area contributed by atoms with Crippen LogP contribution < -0.4 is 14.8 Å². The summed E-state index contributed by atoms with van der Waals surface area (Å²) in [6.45, 7) is 4.32. The van der Waals surface area contributed by atoms with Crippen molar-refractivity contribution >= 4 is 27.4 Å². The zero-order chi connectivity index (χ0) is 28.4. The van der Waals surface area contributed by atoms with Crippen LogP contribution in [0.5, 0.6) is 5.75 Å². The highest BCUT2D eigenvalue weighted by Gasteiger charge is 2.60. The summed E-state index contributed by atoms with van der Waals surface area (Å²) in [5.41, 5.74) is -2.80. The highest BCUT2D eigenvalue weighted by molar-refractivity contribution is 7.91. The molecule has 2 aromatic rings. The third-order valence-corrected chi connectivity index (χ3v) is 8.85. The summed E-state index contributed by atoms with van der Waals surface area (Å²) in [7, 11) is -4.05. The monoisotopic (exact) mass is 564 g/mol. The Labute approximate surface area is 225 Å². The number of rotatable bonds is 10. The predicted molar refractivity (Wildman–Crippen MR) is 140 cm³/mol. The molecule has 11 heteroatoms. The molecule has 2 amide bonds. The molecule has 2 aliphatic rings. The molecule has 1 heterocycles. The van der Waals surface area contributed by atoms with Gasteiger partial charge in [0, 0.05) is 6.42 Å². The number of sulfonamides is 1. The third kappa shape index (κ3) is 5.98. The molecule has 1 saturated carbocycles. The largest absolute Gasteiger partial charge is 0.494 e. The summed E-state index contributed by atoms with van der Waals surface area (Å²) >= 11 is 0. The lowest BCUT2D eigenvalue weighted by atomic mass is 9.76. The lowest BCUT2D eigenvalue weighted by molar-refractivity contribution is -0.201. The first-order valence-corrected chi connectivity index (χ1v) is 14.5. The van der Waals surface area contributed by atoms with Gasteiger partial charge in [0.15, 0.2) is 5.54 Å². The SMILES string of the molecule is CCCCOc1ccc([C@]2(C(F)(F)F)CC(c3ccc(CC)cc3)=C(C(=O)NS(=O)(=O)C3CC3)C(=O)N2)cc1. The minimum absolute atomic E-state index is 0.189. The van der Waals surface area contributed by atoms with E-state index in [0.29, 0.717) is 31.6 Å². The van der Waals surface area contributed by atoms with Crippen LogP contribution in [0.25, 0.3) is 5.57 Å². The fraction of sp³-hybridized carbons (Fsp3) is 0.429. The van der Waals surface area contributed by atoms with Crippen LogP contribution in [-0.2, 0) is 31.6 Å². The minimum atomic E-state index is -4.95. The molecule has 1 aliphatic carbocycles. The minimum Gasteiger partial charge on any atom is -0.494 e. The summed E-state index contributed by atoms with van der Waals surface area (Å²) in [5, 5.41) is 1.27. The molecule has 0 saturated heterocycles. The van der Waals surface area contributed by atoms with Crippen LogP contribution in [0.1, 0.15) is 62.6 Å². The van der Waals surface area contributed by atoms with Crippen molar-refractivity contribution in [3.05, 3.63) is 70.8 Å². The lowest BCUT2D eigenvalue weighted by Gasteiger charge is -2.41. The summed E-state index contributed by atoms with van der Waals surface area (Å²) in [5.74, 6) is -2.16. The Bertz CT molecular complexity index is 1370. The van der Waals surface area contributed by atoms with E-state index in [1.807, 2.05) is 23.9 Å². The number of alkyl halides is 3. The van der Waals surface area contributed by atoms with Gasteiger partial charge in [-0.2, -0.15) is 13.2 Å². The third-order valence-electron chi connectivity index (χ3n) is 7.03. The second-order valence-electron chi connectivity index (χ2n) is 9.84. The number of benzene rings is 2. The van der Waals surface area contributed by atoms with E-state index in [4.69, 9.17) is 4.74 Å². The summed E-state index contributed by atoms with van der Waals surface area (Å²) in [6, 6.07) is 11.8. The van der Waals surface area contributed by atoms with Crippen LogP contribution in [0.4, 0.5) is 13.2 Å². The van der Waals surface area contributed by atoms with Gasteiger partial charge in [-0.3, -0.25) is 9.59 Å². The van der Waals surface area contributed by atoms with Crippen molar-refractivity contribution in [1.82, 2.24) is 10.0 Å². The number of carbonyl (C=O) groups excluding carboxylic acids is 2. The van der Waals surface area contributed by atoms with Gasteiger partial charge in [0.1, 0.15) is 11.3 Å². The summed E-state index contributed by atoms with van der Waals surface area (Å²) in [4.78, 5) is 26.5. The van der Waals surface area contributed by atoms with Gasteiger partial charge in [-0.05, 0) is 60.1 Å². The predicted octanol–water partition coefficient (Wildman–Crippen LogP) is 4.77. The maximum atomic E-state index is 14.9. The molecule has 2 aromatic carbocycles. The van der Waals surface area contributed by atoms with Gasteiger partial charge in [-0.1, -0.05) is 56.7 Å². The molecule has 2 N–H and O–H groups in total. The summed E-state index contributed by atoms with van der Waals surface area (Å²) < 4.78 is 76.9. The van der Waals surface area contributed by atoms with Crippen molar-refractivity contribution in [2.45, 2.75) is 69.3 Å². The number of hydrogen-bond acceptors (Lipinski definition) is 5.